The van der Waals surface area contributed by atoms with E-state index in [1.807, 2.05) is 13.8 Å². The van der Waals surface area contributed by atoms with Gasteiger partial charge in [-0.05, 0) is 24.5 Å². The van der Waals surface area contributed by atoms with Gasteiger partial charge >= 0.3 is 6.03 Å². The lowest BCUT2D eigenvalue weighted by atomic mass is 10.1. The minimum absolute atomic E-state index is 0.226. The Hall–Kier alpha value is -2.37. The Kier molecular flexibility index (Phi) is 5.14. The van der Waals surface area contributed by atoms with Crippen LogP contribution in [0.2, 0.25) is 0 Å². The molecule has 1 aromatic rings. The highest BCUT2D eigenvalue weighted by atomic mass is 16.2. The number of urea groups is 1. The van der Waals surface area contributed by atoms with Gasteiger partial charge in [-0.1, -0.05) is 26.0 Å². The summed E-state index contributed by atoms with van der Waals surface area (Å²) in [6.45, 7) is 5.36. The highest BCUT2D eigenvalue weighted by Gasteiger charge is 2.34. The largest absolute Gasteiger partial charge is 0.338 e. The van der Waals surface area contributed by atoms with E-state index in [0.717, 1.165) is 0 Å². The minimum Gasteiger partial charge on any atom is -0.338 e. The lowest BCUT2D eigenvalue weighted by molar-refractivity contribution is 0.0653. The number of rotatable bonds is 6. The maximum atomic E-state index is 12.1. The summed E-state index contributed by atoms with van der Waals surface area (Å²) in [5.74, 6) is -0.126. The van der Waals surface area contributed by atoms with Gasteiger partial charge in [0.05, 0.1) is 11.1 Å². The normalized spacial score (nSPS) is 13.5. The van der Waals surface area contributed by atoms with E-state index in [9.17, 15) is 14.4 Å². The summed E-state index contributed by atoms with van der Waals surface area (Å²) in [5.41, 5.74) is 0.908. The molecule has 6 heteroatoms. The van der Waals surface area contributed by atoms with Crippen molar-refractivity contribution in [1.29, 1.82) is 0 Å². The molecule has 0 spiro atoms. The zero-order valence-electron chi connectivity index (χ0n) is 12.9. The first-order valence-corrected chi connectivity index (χ1v) is 7.47. The van der Waals surface area contributed by atoms with E-state index in [2.05, 4.69) is 10.6 Å². The molecular formula is C16H21N3O3. The van der Waals surface area contributed by atoms with Gasteiger partial charge in [0.25, 0.3) is 11.8 Å². The van der Waals surface area contributed by atoms with Crippen LogP contribution in [0.3, 0.4) is 0 Å². The Labute approximate surface area is 129 Å². The molecule has 0 fully saturated rings. The third-order valence-corrected chi connectivity index (χ3v) is 3.39. The number of nitrogens with zero attached hydrogens (tertiary/aromatic N) is 1. The maximum absolute atomic E-state index is 12.1. The summed E-state index contributed by atoms with van der Waals surface area (Å²) in [5, 5.41) is 5.46. The Bertz CT molecular complexity index is 549. The molecule has 0 unspecified atom stereocenters. The molecule has 2 N–H and O–H groups in total. The van der Waals surface area contributed by atoms with Crippen molar-refractivity contribution >= 4 is 17.8 Å². The quantitative estimate of drug-likeness (QED) is 0.619. The first kappa shape index (κ1) is 16.0. The van der Waals surface area contributed by atoms with E-state index in [-0.39, 0.29) is 17.8 Å². The molecule has 22 heavy (non-hydrogen) atoms. The molecule has 1 heterocycles. The molecule has 0 saturated heterocycles. The zero-order valence-corrected chi connectivity index (χ0v) is 12.9. The number of carbonyl (C=O) groups is 3. The van der Waals surface area contributed by atoms with Crippen molar-refractivity contribution in [2.24, 2.45) is 5.92 Å². The molecule has 0 saturated carbocycles. The number of hydrogen-bond acceptors (Lipinski definition) is 3. The van der Waals surface area contributed by atoms with Gasteiger partial charge in [0.1, 0.15) is 0 Å². The van der Waals surface area contributed by atoms with Gasteiger partial charge in [0, 0.05) is 19.6 Å². The van der Waals surface area contributed by atoms with E-state index >= 15 is 0 Å². The summed E-state index contributed by atoms with van der Waals surface area (Å²) >= 11 is 0. The number of amides is 4. The van der Waals surface area contributed by atoms with Crippen LogP contribution in [0.4, 0.5) is 4.79 Å². The van der Waals surface area contributed by atoms with Crippen molar-refractivity contribution in [3.8, 4) is 0 Å². The summed E-state index contributed by atoms with van der Waals surface area (Å²) in [7, 11) is 0. The Morgan fingerprint density at radius 1 is 1.09 bits per heavy atom. The van der Waals surface area contributed by atoms with Gasteiger partial charge < -0.3 is 10.6 Å². The molecule has 2 rings (SSSR count). The van der Waals surface area contributed by atoms with Gasteiger partial charge in [0.15, 0.2) is 0 Å². The van der Waals surface area contributed by atoms with Gasteiger partial charge in [-0.3, -0.25) is 14.5 Å². The Balaban J connectivity index is 1.76. The molecule has 0 aromatic heterocycles. The number of hydrogen-bond donors (Lipinski definition) is 2. The second-order valence-corrected chi connectivity index (χ2v) is 5.69. The summed E-state index contributed by atoms with van der Waals surface area (Å²) in [4.78, 5) is 37.0. The Morgan fingerprint density at radius 3 is 2.23 bits per heavy atom. The lowest BCUT2D eigenvalue weighted by Crippen LogP contribution is -2.39. The lowest BCUT2D eigenvalue weighted by Gasteiger charge is -2.14. The molecule has 1 aliphatic rings. The summed E-state index contributed by atoms with van der Waals surface area (Å²) in [6.07, 6.45) is 0.528. The van der Waals surface area contributed by atoms with E-state index in [1.165, 1.54) is 4.90 Å². The average Bonchev–Trinajstić information content (AvgIpc) is 2.74. The first-order chi connectivity index (χ1) is 10.5. The van der Waals surface area contributed by atoms with Crippen LogP contribution in [0.15, 0.2) is 24.3 Å². The highest BCUT2D eigenvalue weighted by molar-refractivity contribution is 6.21. The number of nitrogens with one attached hydrogen (secondary N) is 2. The fourth-order valence-electron chi connectivity index (χ4n) is 2.24. The van der Waals surface area contributed by atoms with Gasteiger partial charge in [-0.25, -0.2) is 4.79 Å². The number of carbonyl (C=O) groups excluding carboxylic acids is 3. The van der Waals surface area contributed by atoms with Crippen LogP contribution in [-0.4, -0.2) is 42.4 Å². The van der Waals surface area contributed by atoms with Crippen molar-refractivity contribution in [2.75, 3.05) is 19.6 Å². The van der Waals surface area contributed by atoms with E-state index in [4.69, 9.17) is 0 Å². The summed E-state index contributed by atoms with van der Waals surface area (Å²) < 4.78 is 0. The smallest absolute Gasteiger partial charge is 0.314 e. The Morgan fingerprint density at radius 2 is 1.68 bits per heavy atom. The SMILES string of the molecule is CC(C)CNC(=O)NCCCN1C(=O)c2ccccc2C1=O. The predicted octanol–water partition coefficient (Wildman–Crippen LogP) is 1.63. The van der Waals surface area contributed by atoms with Crippen molar-refractivity contribution in [2.45, 2.75) is 20.3 Å². The standard InChI is InChI=1S/C16H21N3O3/c1-11(2)10-18-16(22)17-8-5-9-19-14(20)12-6-3-4-7-13(12)15(19)21/h3-4,6-7,11H,5,8-10H2,1-2H3,(H2,17,18,22). The molecule has 1 aromatic carbocycles. The number of benzene rings is 1. The second kappa shape index (κ2) is 7.06. The van der Waals surface area contributed by atoms with Gasteiger partial charge in [-0.15, -0.1) is 0 Å². The fourth-order valence-corrected chi connectivity index (χ4v) is 2.24. The molecule has 4 amide bonds. The fraction of sp³-hybridized carbons (Fsp3) is 0.438. The van der Waals surface area contributed by atoms with Crippen LogP contribution >= 0.6 is 0 Å². The van der Waals surface area contributed by atoms with Crippen LogP contribution in [-0.2, 0) is 0 Å². The van der Waals surface area contributed by atoms with Crippen LogP contribution in [0.25, 0.3) is 0 Å². The molecule has 0 bridgehead atoms. The minimum atomic E-state index is -0.259. The van der Waals surface area contributed by atoms with Crippen molar-refractivity contribution in [1.82, 2.24) is 15.5 Å². The van der Waals surface area contributed by atoms with Crippen LogP contribution in [0, 0.1) is 5.92 Å². The number of fused-ring (bicyclic) bond motifs is 1. The highest BCUT2D eigenvalue weighted by Crippen LogP contribution is 2.22. The molecule has 6 nitrogen and oxygen atoms in total. The van der Waals surface area contributed by atoms with Crippen LogP contribution < -0.4 is 10.6 Å². The summed E-state index contributed by atoms with van der Waals surface area (Å²) in [6, 6.07) is 6.58. The molecule has 1 aliphatic heterocycles. The monoisotopic (exact) mass is 303 g/mol. The van der Waals surface area contributed by atoms with Crippen LogP contribution in [0.1, 0.15) is 41.0 Å². The average molecular weight is 303 g/mol. The second-order valence-electron chi connectivity index (χ2n) is 5.69. The van der Waals surface area contributed by atoms with Gasteiger partial charge in [0.2, 0.25) is 0 Å². The van der Waals surface area contributed by atoms with Crippen molar-refractivity contribution in [3.05, 3.63) is 35.4 Å². The van der Waals surface area contributed by atoms with Crippen molar-refractivity contribution in [3.63, 3.8) is 0 Å². The molecule has 0 aliphatic carbocycles. The molecule has 0 atom stereocenters. The topological polar surface area (TPSA) is 78.5 Å². The van der Waals surface area contributed by atoms with E-state index in [0.29, 0.717) is 43.1 Å². The van der Waals surface area contributed by atoms with E-state index < -0.39 is 0 Å². The zero-order chi connectivity index (χ0) is 16.1. The van der Waals surface area contributed by atoms with E-state index in [1.54, 1.807) is 24.3 Å². The molecule has 0 radical (unpaired) electrons. The third-order valence-electron chi connectivity index (χ3n) is 3.39. The number of imide groups is 1. The van der Waals surface area contributed by atoms with Gasteiger partial charge in [-0.2, -0.15) is 0 Å². The predicted molar refractivity (Wildman–Crippen MR) is 82.7 cm³/mol. The maximum Gasteiger partial charge on any atom is 0.314 e. The first-order valence-electron chi connectivity index (χ1n) is 7.47. The van der Waals surface area contributed by atoms with Crippen LogP contribution in [0.5, 0.6) is 0 Å². The molecular weight excluding hydrogens is 282 g/mol. The third kappa shape index (κ3) is 3.63. The van der Waals surface area contributed by atoms with Crippen molar-refractivity contribution < 1.29 is 14.4 Å². The molecule has 118 valence electrons.